The van der Waals surface area contributed by atoms with E-state index >= 15 is 0 Å². The van der Waals surface area contributed by atoms with Crippen molar-refractivity contribution in [1.29, 1.82) is 0 Å². The SMILES string of the molecule is NCCSc1cc2nc(c1)C[N-][C@@H]1CCCC[C@H]1[N-]CC[N-]C1CCCCC1[N-]C2.[Cl][Mn][Cl].[HH].[HH].[HH].[HH]. The van der Waals surface area contributed by atoms with E-state index in [1.54, 1.807) is 11.8 Å². The maximum absolute atomic E-state index is 5.74. The van der Waals surface area contributed by atoms with Crippen LogP contribution in [0.25, 0.3) is 21.3 Å². The molecule has 0 saturated heterocycles. The minimum atomic E-state index is 0. The summed E-state index contributed by atoms with van der Waals surface area (Å²) < 4.78 is 0. The third kappa shape index (κ3) is 9.76. The van der Waals surface area contributed by atoms with Gasteiger partial charge in [0.05, 0.1) is 0 Å². The molecule has 4 rings (SSSR count). The summed E-state index contributed by atoms with van der Waals surface area (Å²) in [5.41, 5.74) is 7.86. The molecule has 1 aromatic heterocycles. The molecule has 10 heteroatoms. The van der Waals surface area contributed by atoms with Gasteiger partial charge in [0.1, 0.15) is 0 Å². The van der Waals surface area contributed by atoms with Crippen LogP contribution in [-0.4, -0.2) is 54.5 Å². The third-order valence-electron chi connectivity index (χ3n) is 6.48. The van der Waals surface area contributed by atoms with Gasteiger partial charge in [-0.2, -0.15) is 37.3 Å². The van der Waals surface area contributed by atoms with Crippen molar-refractivity contribution in [3.05, 3.63) is 44.8 Å². The van der Waals surface area contributed by atoms with E-state index in [1.165, 1.54) is 43.4 Å². The van der Waals surface area contributed by atoms with Crippen LogP contribution >= 0.6 is 32.0 Å². The number of thioether (sulfide) groups is 1. The predicted molar refractivity (Wildman–Crippen MR) is 147 cm³/mol. The van der Waals surface area contributed by atoms with Crippen LogP contribution < -0.4 is 5.73 Å². The number of nitrogens with zero attached hydrogens (tertiary/aromatic N) is 5. The molecular weight excluding hydrogens is 518 g/mol. The third-order valence-corrected chi connectivity index (χ3v) is 7.49. The molecule has 2 N–H and O–H groups in total. The molecule has 1 aromatic rings. The molecule has 1 aliphatic heterocycles. The van der Waals surface area contributed by atoms with Gasteiger partial charge in [-0.15, -0.1) is 24.9 Å². The smallest absolute Gasteiger partial charge is 0 e. The fourth-order valence-electron chi connectivity index (χ4n) is 4.95. The topological polar surface area (TPSA) is 95.3 Å². The number of hydrogen-bond acceptors (Lipinski definition) is 3. The van der Waals surface area contributed by atoms with Crippen LogP contribution in [-0.2, 0) is 26.2 Å². The minimum absolute atomic E-state index is 0. The Balaban J connectivity index is 0. The van der Waals surface area contributed by atoms with Crippen LogP contribution in [0.5, 0.6) is 0 Å². The van der Waals surface area contributed by atoms with Crippen molar-refractivity contribution in [1.82, 2.24) is 4.98 Å². The Morgan fingerprint density at radius 3 is 1.70 bits per heavy atom. The van der Waals surface area contributed by atoms with Gasteiger partial charge in [0.2, 0.25) is 0 Å². The van der Waals surface area contributed by atoms with Gasteiger partial charge in [0.15, 0.2) is 0 Å². The zero-order chi connectivity index (χ0) is 23.3. The van der Waals surface area contributed by atoms with E-state index in [-0.39, 0.29) is 18.8 Å². The molecule has 6 nitrogen and oxygen atoms in total. The summed E-state index contributed by atoms with van der Waals surface area (Å²) in [6.45, 7) is 3.72. The second-order valence-corrected chi connectivity index (χ2v) is 11.9. The number of pyridine rings is 1. The van der Waals surface area contributed by atoms with Gasteiger partial charge in [0.25, 0.3) is 0 Å². The summed E-state index contributed by atoms with van der Waals surface area (Å²) in [5.74, 6) is 0.921. The molecule has 2 bridgehead atoms. The minimum Gasteiger partial charge on any atom is 0 e. The summed E-state index contributed by atoms with van der Waals surface area (Å²) >= 11 is 1.81. The first-order valence-electron chi connectivity index (χ1n) is 12.1. The fourth-order valence-corrected chi connectivity index (χ4v) is 5.74. The second-order valence-electron chi connectivity index (χ2n) is 8.81. The Morgan fingerprint density at radius 1 is 0.848 bits per heavy atom. The summed E-state index contributed by atoms with van der Waals surface area (Å²) in [4.78, 5) is 6.18. The molecule has 2 fully saturated rings. The van der Waals surface area contributed by atoms with Crippen LogP contribution in [0.3, 0.4) is 0 Å². The maximum atomic E-state index is 5.74. The van der Waals surface area contributed by atoms with Crippen molar-refractivity contribution in [2.75, 3.05) is 25.4 Å². The standard InChI is InChI=1S/C23H36N6S.2ClH.Mn.4H2/c24-9-12-30-19-13-17-15-27-22-7-3-1-5-20(22)25-10-11-26-21-6-2-4-8-23(21)28-16-18(14-19)29-17;;;;;;;/h13-14,20-23H,1-12,15-16,24H2;2*1H;;4*1H/q-4;;;+2;;;;/p-2/t20-,21?,22-,23?;;;;;;;/m1......./s1. The fraction of sp³-hybridized carbons (Fsp3) is 0.783. The van der Waals surface area contributed by atoms with Crippen LogP contribution in [0.15, 0.2) is 17.0 Å². The first-order valence-corrected chi connectivity index (χ1v) is 16.3. The average molecular weight is 563 g/mol. The first-order chi connectivity index (χ1) is 16.2. The van der Waals surface area contributed by atoms with Gasteiger partial charge in [-0.3, -0.25) is 4.98 Å². The Morgan fingerprint density at radius 2 is 1.27 bits per heavy atom. The van der Waals surface area contributed by atoms with E-state index < -0.39 is 0 Å². The van der Waals surface area contributed by atoms with E-state index in [2.05, 4.69) is 12.1 Å². The van der Waals surface area contributed by atoms with Crippen molar-refractivity contribution in [3.8, 4) is 0 Å². The molecule has 2 heterocycles. The summed E-state index contributed by atoms with van der Waals surface area (Å²) in [5, 5.41) is 20.2. The quantitative estimate of drug-likeness (QED) is 0.303. The van der Waals surface area contributed by atoms with Gasteiger partial charge in [-0.25, -0.2) is 0 Å². The monoisotopic (exact) mass is 561 g/mol. The number of halogens is 2. The molecule has 0 radical (unpaired) electrons. The molecule has 2 aliphatic carbocycles. The zero-order valence-corrected chi connectivity index (χ0v) is 22.7. The Bertz CT molecular complexity index is 658. The largest absolute Gasteiger partial charge is 0 e. The number of aromatic nitrogens is 1. The van der Waals surface area contributed by atoms with E-state index in [1.807, 2.05) is 0 Å². The van der Waals surface area contributed by atoms with Crippen molar-refractivity contribution in [2.45, 2.75) is 93.5 Å². The Hall–Kier alpha value is 0.399. The first kappa shape index (κ1) is 28.0. The van der Waals surface area contributed by atoms with Crippen LogP contribution in [0.2, 0.25) is 0 Å². The molecule has 4 atom stereocenters. The van der Waals surface area contributed by atoms with Crippen LogP contribution in [0.4, 0.5) is 0 Å². The number of nitrogens with two attached hydrogens (primary N) is 1. The van der Waals surface area contributed by atoms with E-state index in [4.69, 9.17) is 52.2 Å². The summed E-state index contributed by atoms with van der Waals surface area (Å²) in [6.07, 6.45) is 9.71. The molecule has 0 spiro atoms. The summed E-state index contributed by atoms with van der Waals surface area (Å²) in [7, 11) is 9.59. The van der Waals surface area contributed by atoms with Gasteiger partial charge < -0.3 is 27.0 Å². The van der Waals surface area contributed by atoms with Crippen molar-refractivity contribution < 1.29 is 18.8 Å². The molecule has 33 heavy (non-hydrogen) atoms. The molecular formula is C23H44Cl2MnN6S-4. The van der Waals surface area contributed by atoms with Crippen molar-refractivity contribution >= 4 is 32.0 Å². The number of hydrogen-bond donors (Lipinski definition) is 1. The number of rotatable bonds is 3. The molecule has 2 unspecified atom stereocenters. The van der Waals surface area contributed by atoms with E-state index in [9.17, 15) is 0 Å². The molecule has 0 aromatic carbocycles. The molecule has 3 aliphatic rings. The van der Waals surface area contributed by atoms with Gasteiger partial charge in [-0.05, 0) is 12.1 Å². The predicted octanol–water partition coefficient (Wildman–Crippen LogP) is 7.62. The molecule has 2 saturated carbocycles. The molecule has 197 valence electrons. The van der Waals surface area contributed by atoms with Gasteiger partial charge >= 0.3 is 33.3 Å². The van der Waals surface area contributed by atoms with Gasteiger partial charge in [0, 0.05) is 34.3 Å². The Labute approximate surface area is 224 Å². The molecule has 0 amide bonds. The maximum Gasteiger partial charge on any atom is 0 e. The van der Waals surface area contributed by atoms with Gasteiger partial charge in [-0.1, -0.05) is 51.4 Å². The van der Waals surface area contributed by atoms with Crippen LogP contribution in [0, 0.1) is 0 Å². The van der Waals surface area contributed by atoms with Crippen molar-refractivity contribution in [2.24, 2.45) is 5.73 Å². The van der Waals surface area contributed by atoms with Crippen LogP contribution in [0.1, 0.15) is 68.5 Å². The Kier molecular flexibility index (Phi) is 13.7. The second kappa shape index (κ2) is 16.2. The normalized spacial score (nSPS) is 28.8. The summed E-state index contributed by atoms with van der Waals surface area (Å²) in [6, 6.07) is 5.78. The van der Waals surface area contributed by atoms with Crippen molar-refractivity contribution in [3.63, 3.8) is 0 Å². The number of fused-ring (bicyclic) bond motifs is 4. The van der Waals surface area contributed by atoms with E-state index in [0.717, 1.165) is 43.1 Å². The van der Waals surface area contributed by atoms with E-state index in [0.29, 0.717) is 43.8 Å². The zero-order valence-electron chi connectivity index (χ0n) is 19.2. The average Bonchev–Trinajstić information content (AvgIpc) is 2.84.